The predicted molar refractivity (Wildman–Crippen MR) is 147 cm³/mol. The normalized spacial score (nSPS) is 14.0. The molecule has 0 atom stereocenters. The van der Waals surface area contributed by atoms with Crippen molar-refractivity contribution in [1.29, 1.82) is 31.6 Å². The fourth-order valence-electron chi connectivity index (χ4n) is 5.17. The summed E-state index contributed by atoms with van der Waals surface area (Å²) >= 11 is 0. The lowest BCUT2D eigenvalue weighted by Crippen LogP contribution is -2.21. The number of fused-ring (bicyclic) bond motifs is 2. The minimum Gasteiger partial charge on any atom is -0.204 e. The molecule has 54 heavy (non-hydrogen) atoms. The molecule has 1 aromatic carbocycles. The molecule has 0 saturated carbocycles. The molecular formula is C30H2F12N12. The number of halogens is 12. The van der Waals surface area contributed by atoms with E-state index in [1.807, 2.05) is 0 Å². The summed E-state index contributed by atoms with van der Waals surface area (Å²) in [6.45, 7) is 0. The van der Waals surface area contributed by atoms with Gasteiger partial charge in [-0.1, -0.05) is 0 Å². The van der Waals surface area contributed by atoms with Gasteiger partial charge in [0, 0.05) is 33.4 Å². The van der Waals surface area contributed by atoms with Gasteiger partial charge in [0.2, 0.25) is 23.3 Å². The van der Waals surface area contributed by atoms with Crippen LogP contribution in [0.4, 0.5) is 52.7 Å². The SMILES string of the molecule is N#CC(C#N)=C1C(c2nc(C(F)(F)F)nc(C(F)(F)F)n2)=C(C#N)c2cc3c(cc21)C(C#N)=C(c1nc(C(F)(F)F)nc(C(F)(F)F)n1)C3=C(C#N)C#N. The number of hydrogen-bond acceptors (Lipinski definition) is 12. The zero-order valence-corrected chi connectivity index (χ0v) is 25.1. The van der Waals surface area contributed by atoms with Crippen molar-refractivity contribution < 1.29 is 52.7 Å². The van der Waals surface area contributed by atoms with E-state index in [9.17, 15) is 84.3 Å². The number of allylic oxidation sites excluding steroid dienone is 8. The Labute approximate surface area is 289 Å². The van der Waals surface area contributed by atoms with Crippen molar-refractivity contribution in [3.8, 4) is 36.4 Å². The molecule has 3 aromatic rings. The standard InChI is InChI=1S/C30H2F12N12/c31-27(32,33)23-49-21(50-24(53-23)28(34,35)36)19-15(7-47)11-1-13-12(2-14(11)18(19)10(5-45)6-46)16(8-48)20(17(13)9(3-43)4-44)22-51-25(29(37,38)39)54-26(52-22)30(40,41)42/h1-2H. The molecule has 2 heterocycles. The minimum absolute atomic E-state index is 0.604. The number of hydrogen-bond donors (Lipinski definition) is 0. The van der Waals surface area contributed by atoms with Crippen LogP contribution in [0.5, 0.6) is 0 Å². The van der Waals surface area contributed by atoms with Gasteiger partial charge in [-0.05, 0) is 23.3 Å². The molecule has 0 radical (unpaired) electrons. The molecule has 2 aliphatic carbocycles. The lowest BCUT2D eigenvalue weighted by Gasteiger charge is -2.13. The maximum absolute atomic E-state index is 13.7. The summed E-state index contributed by atoms with van der Waals surface area (Å²) in [6.07, 6.45) is -22.7. The quantitative estimate of drug-likeness (QED) is 0.199. The molecule has 0 unspecified atom stereocenters. The summed E-state index contributed by atoms with van der Waals surface area (Å²) in [4.78, 5) is 16.7. The molecule has 2 aliphatic rings. The third-order valence-electron chi connectivity index (χ3n) is 7.14. The van der Waals surface area contributed by atoms with Gasteiger partial charge in [0.15, 0.2) is 11.6 Å². The van der Waals surface area contributed by atoms with Crippen molar-refractivity contribution in [3.05, 3.63) is 80.5 Å². The maximum atomic E-state index is 13.7. The van der Waals surface area contributed by atoms with Gasteiger partial charge in [-0.2, -0.15) is 84.3 Å². The van der Waals surface area contributed by atoms with Crippen molar-refractivity contribution in [2.24, 2.45) is 0 Å². The third kappa shape index (κ3) is 6.14. The first-order chi connectivity index (χ1) is 25.0. The lowest BCUT2D eigenvalue weighted by atomic mass is 9.91. The third-order valence-corrected chi connectivity index (χ3v) is 7.14. The number of alkyl halides is 12. The maximum Gasteiger partial charge on any atom is 0.451 e. The van der Waals surface area contributed by atoms with Crippen LogP contribution in [-0.4, -0.2) is 29.9 Å². The van der Waals surface area contributed by atoms with Crippen LogP contribution in [0.2, 0.25) is 0 Å². The zero-order valence-electron chi connectivity index (χ0n) is 25.1. The van der Waals surface area contributed by atoms with Crippen molar-refractivity contribution in [3.63, 3.8) is 0 Å². The monoisotopic (exact) mass is 758 g/mol. The fraction of sp³-hybridized carbons (Fsp3) is 0.133. The van der Waals surface area contributed by atoms with E-state index in [4.69, 9.17) is 0 Å². The topological polar surface area (TPSA) is 220 Å². The van der Waals surface area contributed by atoms with E-state index in [1.165, 1.54) is 36.4 Å². The Morgan fingerprint density at radius 2 is 0.667 bits per heavy atom. The molecule has 12 nitrogen and oxygen atoms in total. The average molecular weight is 758 g/mol. The zero-order chi connectivity index (χ0) is 40.3. The average Bonchev–Trinajstić information content (AvgIpc) is 3.58. The van der Waals surface area contributed by atoms with Crippen molar-refractivity contribution in [1.82, 2.24) is 29.9 Å². The fourth-order valence-corrected chi connectivity index (χ4v) is 5.17. The summed E-state index contributed by atoms with van der Waals surface area (Å²) in [7, 11) is 0. The van der Waals surface area contributed by atoms with Gasteiger partial charge < -0.3 is 0 Å². The highest BCUT2D eigenvalue weighted by molar-refractivity contribution is 6.29. The number of rotatable bonds is 2. The molecule has 0 amide bonds. The van der Waals surface area contributed by atoms with Gasteiger partial charge in [-0.25, -0.2) is 29.9 Å². The molecule has 0 fully saturated rings. The van der Waals surface area contributed by atoms with E-state index in [1.54, 1.807) is 0 Å². The second-order valence-corrected chi connectivity index (χ2v) is 10.2. The molecule has 24 heteroatoms. The minimum atomic E-state index is -5.67. The largest absolute Gasteiger partial charge is 0.451 e. The highest BCUT2D eigenvalue weighted by atomic mass is 19.4. The Hall–Kier alpha value is -7.70. The van der Waals surface area contributed by atoms with E-state index in [-0.39, 0.29) is 0 Å². The van der Waals surface area contributed by atoms with Crippen LogP contribution in [-0.2, 0) is 24.7 Å². The van der Waals surface area contributed by atoms with Gasteiger partial charge in [0.1, 0.15) is 47.6 Å². The Kier molecular flexibility index (Phi) is 8.70. The Morgan fingerprint density at radius 1 is 0.407 bits per heavy atom. The highest BCUT2D eigenvalue weighted by Gasteiger charge is 2.46. The number of aromatic nitrogens is 6. The molecule has 0 bridgehead atoms. The van der Waals surface area contributed by atoms with Gasteiger partial charge in [-0.3, -0.25) is 0 Å². The molecule has 266 valence electrons. The highest BCUT2D eigenvalue weighted by Crippen LogP contribution is 2.54. The van der Waals surface area contributed by atoms with E-state index >= 15 is 0 Å². The van der Waals surface area contributed by atoms with E-state index < -0.39 is 126 Å². The van der Waals surface area contributed by atoms with Gasteiger partial charge in [0.05, 0.1) is 11.1 Å². The second-order valence-electron chi connectivity index (χ2n) is 10.2. The van der Waals surface area contributed by atoms with E-state index in [2.05, 4.69) is 29.9 Å². The van der Waals surface area contributed by atoms with Crippen molar-refractivity contribution >= 4 is 33.4 Å². The van der Waals surface area contributed by atoms with Crippen LogP contribution >= 0.6 is 0 Å². The molecule has 0 aliphatic heterocycles. The first-order valence-corrected chi connectivity index (χ1v) is 13.4. The molecule has 0 N–H and O–H groups in total. The lowest BCUT2D eigenvalue weighted by molar-refractivity contribution is -0.156. The smallest absolute Gasteiger partial charge is 0.204 e. The Morgan fingerprint density at radius 3 is 0.870 bits per heavy atom. The van der Waals surface area contributed by atoms with Crippen molar-refractivity contribution in [2.75, 3.05) is 0 Å². The van der Waals surface area contributed by atoms with Crippen LogP contribution in [0.15, 0.2) is 23.3 Å². The Bertz CT molecular complexity index is 2340. The van der Waals surface area contributed by atoms with E-state index in [0.717, 1.165) is 12.1 Å². The summed E-state index contributed by atoms with van der Waals surface area (Å²) in [5.41, 5.74) is -10.5. The van der Waals surface area contributed by atoms with Gasteiger partial charge >= 0.3 is 24.7 Å². The van der Waals surface area contributed by atoms with Crippen LogP contribution < -0.4 is 0 Å². The first kappa shape index (κ1) is 37.6. The van der Waals surface area contributed by atoms with E-state index in [0.29, 0.717) is 0 Å². The second kappa shape index (κ2) is 12.5. The molecule has 5 rings (SSSR count). The van der Waals surface area contributed by atoms with Crippen LogP contribution in [0, 0.1) is 68.0 Å². The first-order valence-electron chi connectivity index (χ1n) is 13.4. The van der Waals surface area contributed by atoms with Crippen LogP contribution in [0.25, 0.3) is 33.4 Å². The Balaban J connectivity index is 1.96. The van der Waals surface area contributed by atoms with Crippen LogP contribution in [0.3, 0.4) is 0 Å². The number of nitriles is 6. The summed E-state index contributed by atoms with van der Waals surface area (Å²) in [5.74, 6) is -12.8. The predicted octanol–water partition coefficient (Wildman–Crippen LogP) is 6.63. The summed E-state index contributed by atoms with van der Waals surface area (Å²) < 4.78 is 164. The molecular weight excluding hydrogens is 756 g/mol. The van der Waals surface area contributed by atoms with Crippen LogP contribution in [0.1, 0.15) is 57.2 Å². The molecule has 0 saturated heterocycles. The number of benzene rings is 1. The summed E-state index contributed by atoms with van der Waals surface area (Å²) in [6, 6.07) is 9.68. The molecule has 0 spiro atoms. The molecule has 2 aromatic heterocycles. The van der Waals surface area contributed by atoms with Gasteiger partial charge in [0.25, 0.3) is 0 Å². The summed E-state index contributed by atoms with van der Waals surface area (Å²) in [5, 5.41) is 59.4. The van der Waals surface area contributed by atoms with Crippen molar-refractivity contribution in [2.45, 2.75) is 24.7 Å². The number of nitrogens with zero attached hydrogens (tertiary/aromatic N) is 12. The van der Waals surface area contributed by atoms with Gasteiger partial charge in [-0.15, -0.1) is 0 Å².